The van der Waals surface area contributed by atoms with E-state index in [0.29, 0.717) is 12.2 Å². The molecule has 5 heteroatoms. The second-order valence-electron chi connectivity index (χ2n) is 8.01. The lowest BCUT2D eigenvalue weighted by Crippen LogP contribution is -2.46. The van der Waals surface area contributed by atoms with E-state index in [1.807, 2.05) is 18.2 Å². The quantitative estimate of drug-likeness (QED) is 0.673. The van der Waals surface area contributed by atoms with Gasteiger partial charge in [0, 0.05) is 62.3 Å². The van der Waals surface area contributed by atoms with E-state index in [2.05, 4.69) is 20.6 Å². The number of hydrogen-bond donors (Lipinski definition) is 0. The van der Waals surface area contributed by atoms with Crippen LogP contribution in [-0.2, 0) is 13.0 Å². The summed E-state index contributed by atoms with van der Waals surface area (Å²) < 4.78 is 15.4. The number of rotatable bonds is 7. The van der Waals surface area contributed by atoms with Crippen LogP contribution in [0.1, 0.15) is 48.2 Å². The summed E-state index contributed by atoms with van der Waals surface area (Å²) in [6.45, 7) is 6.35. The molecule has 0 bridgehead atoms. The molecule has 4 rings (SSSR count). The third kappa shape index (κ3) is 4.46. The molecule has 0 amide bonds. The van der Waals surface area contributed by atoms with Gasteiger partial charge in [0.05, 0.1) is 0 Å². The zero-order valence-corrected chi connectivity index (χ0v) is 16.6. The van der Waals surface area contributed by atoms with Crippen molar-refractivity contribution >= 4 is 11.5 Å². The Bertz CT molecular complexity index is 791. The Kier molecular flexibility index (Phi) is 6.10. The molecule has 1 fully saturated rings. The molecule has 0 unspecified atom stereocenters. The fourth-order valence-electron chi connectivity index (χ4n) is 4.47. The van der Waals surface area contributed by atoms with Gasteiger partial charge >= 0.3 is 0 Å². The number of piperazine rings is 1. The van der Waals surface area contributed by atoms with Crippen molar-refractivity contribution in [2.45, 2.75) is 45.1 Å². The van der Waals surface area contributed by atoms with E-state index in [1.54, 1.807) is 12.1 Å². The third-order valence-electron chi connectivity index (χ3n) is 6.13. The van der Waals surface area contributed by atoms with E-state index in [1.165, 1.54) is 25.0 Å². The molecule has 0 N–H and O–H groups in total. The predicted octanol–water partition coefficient (Wildman–Crippen LogP) is 4.14. The summed E-state index contributed by atoms with van der Waals surface area (Å²) in [6.07, 6.45) is 8.48. The Balaban J connectivity index is 1.14. The minimum atomic E-state index is -0.172. The molecule has 1 saturated heterocycles. The largest absolute Gasteiger partial charge is 0.369 e. The van der Waals surface area contributed by atoms with Gasteiger partial charge in [-0.05, 0) is 62.6 Å². The summed E-state index contributed by atoms with van der Waals surface area (Å²) in [5, 5.41) is 0. The summed E-state index contributed by atoms with van der Waals surface area (Å²) in [4.78, 5) is 16.8. The van der Waals surface area contributed by atoms with Crippen molar-refractivity contribution in [1.82, 2.24) is 9.47 Å². The first-order valence-electron chi connectivity index (χ1n) is 10.6. The Labute approximate surface area is 166 Å². The molecule has 2 aliphatic rings. The molecule has 4 nitrogen and oxygen atoms in total. The van der Waals surface area contributed by atoms with E-state index in [9.17, 15) is 9.18 Å². The summed E-state index contributed by atoms with van der Waals surface area (Å²) >= 11 is 0. The molecule has 1 aromatic heterocycles. The van der Waals surface area contributed by atoms with Gasteiger partial charge in [-0.2, -0.15) is 0 Å². The van der Waals surface area contributed by atoms with E-state index >= 15 is 0 Å². The van der Waals surface area contributed by atoms with Crippen molar-refractivity contribution < 1.29 is 9.18 Å². The van der Waals surface area contributed by atoms with Crippen molar-refractivity contribution in [2.24, 2.45) is 0 Å². The second-order valence-corrected chi connectivity index (χ2v) is 8.01. The number of aromatic nitrogens is 1. The lowest BCUT2D eigenvalue weighted by molar-refractivity contribution is 0.0971. The van der Waals surface area contributed by atoms with Gasteiger partial charge in [-0.3, -0.25) is 9.69 Å². The number of anilines is 1. The molecule has 1 aliphatic carbocycles. The number of nitrogens with zero attached hydrogens (tertiary/aromatic N) is 3. The number of aryl methyl sites for hydroxylation is 1. The molecule has 2 heterocycles. The number of Topliss-reactive ketones (excluding diaryl/α,β-unsaturated/α-hetero) is 1. The first-order valence-corrected chi connectivity index (χ1v) is 10.6. The average molecular weight is 384 g/mol. The van der Waals surface area contributed by atoms with Gasteiger partial charge in [0.25, 0.3) is 0 Å². The monoisotopic (exact) mass is 383 g/mol. The number of unbranched alkanes of at least 4 members (excludes halogenated alkanes) is 2. The Morgan fingerprint density at radius 2 is 1.61 bits per heavy atom. The molecular weight excluding hydrogens is 353 g/mol. The minimum Gasteiger partial charge on any atom is -0.369 e. The highest BCUT2D eigenvalue weighted by Crippen LogP contribution is 2.23. The van der Waals surface area contributed by atoms with Crippen LogP contribution < -0.4 is 4.90 Å². The Hall–Kier alpha value is -2.14. The Morgan fingerprint density at radius 1 is 0.857 bits per heavy atom. The van der Waals surface area contributed by atoms with Crippen molar-refractivity contribution in [3.8, 4) is 0 Å². The molecular formula is C23H30FN3O. The molecule has 150 valence electrons. The van der Waals surface area contributed by atoms with E-state index in [-0.39, 0.29) is 5.82 Å². The lowest BCUT2D eigenvalue weighted by Gasteiger charge is -2.36. The van der Waals surface area contributed by atoms with Crippen LogP contribution in [0, 0.1) is 5.82 Å². The van der Waals surface area contributed by atoms with Gasteiger partial charge in [-0.15, -0.1) is 0 Å². The zero-order chi connectivity index (χ0) is 19.3. The van der Waals surface area contributed by atoms with Gasteiger partial charge in [0.15, 0.2) is 5.78 Å². The number of ketones is 1. The van der Waals surface area contributed by atoms with Crippen LogP contribution in [0.3, 0.4) is 0 Å². The maximum atomic E-state index is 13.1. The second kappa shape index (κ2) is 8.91. The van der Waals surface area contributed by atoms with E-state index < -0.39 is 0 Å². The van der Waals surface area contributed by atoms with E-state index in [0.717, 1.165) is 63.4 Å². The number of fused-ring (bicyclic) bond motifs is 1. The first-order chi connectivity index (χ1) is 13.7. The van der Waals surface area contributed by atoms with Crippen molar-refractivity contribution in [1.29, 1.82) is 0 Å². The number of benzene rings is 1. The smallest absolute Gasteiger partial charge is 0.164 e. The third-order valence-corrected chi connectivity index (χ3v) is 6.13. The van der Waals surface area contributed by atoms with Gasteiger partial charge < -0.3 is 9.47 Å². The van der Waals surface area contributed by atoms with Crippen LogP contribution in [0.4, 0.5) is 10.1 Å². The van der Waals surface area contributed by atoms with Crippen LogP contribution in [0.15, 0.2) is 36.5 Å². The van der Waals surface area contributed by atoms with Crippen LogP contribution in [0.25, 0.3) is 0 Å². The normalized spacial score (nSPS) is 17.8. The SMILES string of the molecule is O=C1CCCc2c1ccn2CCCCCN1CCN(c2ccc(F)cc2)CC1. The molecule has 0 spiro atoms. The topological polar surface area (TPSA) is 28.5 Å². The highest BCUT2D eigenvalue weighted by Gasteiger charge is 2.20. The Morgan fingerprint density at radius 3 is 2.39 bits per heavy atom. The molecule has 1 aliphatic heterocycles. The van der Waals surface area contributed by atoms with Gasteiger partial charge in [-0.1, -0.05) is 6.42 Å². The first kappa shape index (κ1) is 19.2. The van der Waals surface area contributed by atoms with Crippen LogP contribution in [-0.4, -0.2) is 48.0 Å². The average Bonchev–Trinajstić information content (AvgIpc) is 3.13. The zero-order valence-electron chi connectivity index (χ0n) is 16.6. The fourth-order valence-corrected chi connectivity index (χ4v) is 4.47. The highest BCUT2D eigenvalue weighted by molar-refractivity contribution is 5.98. The molecule has 28 heavy (non-hydrogen) atoms. The summed E-state index contributed by atoms with van der Waals surface area (Å²) in [5.41, 5.74) is 3.34. The van der Waals surface area contributed by atoms with Crippen LogP contribution in [0.2, 0.25) is 0 Å². The van der Waals surface area contributed by atoms with Gasteiger partial charge in [-0.25, -0.2) is 4.39 Å². The number of carbonyl (C=O) groups excluding carboxylic acids is 1. The number of carbonyl (C=O) groups is 1. The molecule has 0 radical (unpaired) electrons. The van der Waals surface area contributed by atoms with Gasteiger partial charge in [0.1, 0.15) is 5.82 Å². The van der Waals surface area contributed by atoms with Crippen molar-refractivity contribution in [3.63, 3.8) is 0 Å². The summed E-state index contributed by atoms with van der Waals surface area (Å²) in [7, 11) is 0. The van der Waals surface area contributed by atoms with Crippen molar-refractivity contribution in [2.75, 3.05) is 37.6 Å². The summed E-state index contributed by atoms with van der Waals surface area (Å²) in [6, 6.07) is 8.84. The molecule has 0 saturated carbocycles. The minimum absolute atomic E-state index is 0.172. The number of hydrogen-bond acceptors (Lipinski definition) is 3. The van der Waals surface area contributed by atoms with Crippen LogP contribution >= 0.6 is 0 Å². The molecule has 1 aromatic carbocycles. The summed E-state index contributed by atoms with van der Waals surface area (Å²) in [5.74, 6) is 0.147. The standard InChI is InChI=1S/C23H30FN3O/c24-19-7-9-20(10-8-19)26-17-15-25(16-18-26)12-2-1-3-13-27-14-11-21-22(27)5-4-6-23(21)28/h7-11,14H,1-6,12-13,15-18H2. The molecule has 0 atom stereocenters. The predicted molar refractivity (Wildman–Crippen MR) is 111 cm³/mol. The maximum absolute atomic E-state index is 13.1. The number of halogens is 1. The van der Waals surface area contributed by atoms with E-state index in [4.69, 9.17) is 0 Å². The highest BCUT2D eigenvalue weighted by atomic mass is 19.1. The van der Waals surface area contributed by atoms with Gasteiger partial charge in [0.2, 0.25) is 0 Å². The lowest BCUT2D eigenvalue weighted by atomic mass is 9.97. The maximum Gasteiger partial charge on any atom is 0.164 e. The van der Waals surface area contributed by atoms with Crippen LogP contribution in [0.5, 0.6) is 0 Å². The fraction of sp³-hybridized carbons (Fsp3) is 0.522. The van der Waals surface area contributed by atoms with Crippen molar-refractivity contribution in [3.05, 3.63) is 53.6 Å². The molecule has 2 aromatic rings.